The van der Waals surface area contributed by atoms with Gasteiger partial charge in [0.05, 0.1) is 5.71 Å². The van der Waals surface area contributed by atoms with Gasteiger partial charge in [0, 0.05) is 11.3 Å². The number of nitrogens with zero attached hydrogens (tertiary/aromatic N) is 1. The lowest BCUT2D eigenvalue weighted by Crippen LogP contribution is -2.37. The lowest BCUT2D eigenvalue weighted by atomic mass is 9.70. The van der Waals surface area contributed by atoms with E-state index in [1.165, 1.54) is 0 Å². The molecule has 2 aliphatic carbocycles. The molecule has 2 bridgehead atoms. The minimum absolute atomic E-state index is 0.0635. The van der Waals surface area contributed by atoms with Crippen LogP contribution in [-0.4, -0.2) is 22.1 Å². The van der Waals surface area contributed by atoms with E-state index >= 15 is 0 Å². The third kappa shape index (κ3) is 0.766. The van der Waals surface area contributed by atoms with Gasteiger partial charge in [-0.2, -0.15) is 0 Å². The Bertz CT molecular complexity index is 272. The molecule has 2 saturated carbocycles. The molecular formula is C10H17NO2. The van der Waals surface area contributed by atoms with Crippen molar-refractivity contribution < 1.29 is 10.3 Å². The van der Waals surface area contributed by atoms with Gasteiger partial charge in [-0.15, -0.1) is 0 Å². The molecule has 0 spiro atoms. The first-order valence-corrected chi connectivity index (χ1v) is 4.85. The summed E-state index contributed by atoms with van der Waals surface area (Å²) in [6.45, 7) is 6.41. The molecule has 2 N–H and O–H groups in total. The summed E-state index contributed by atoms with van der Waals surface area (Å²) in [5.41, 5.74) is 0.562. The van der Waals surface area contributed by atoms with Crippen molar-refractivity contribution in [2.45, 2.75) is 39.7 Å². The first kappa shape index (κ1) is 9.00. The zero-order valence-corrected chi connectivity index (χ0v) is 8.41. The van der Waals surface area contributed by atoms with Gasteiger partial charge in [-0.3, -0.25) is 0 Å². The number of fused-ring (bicyclic) bond motifs is 2. The number of aliphatic hydroxyl groups is 1. The summed E-state index contributed by atoms with van der Waals surface area (Å²) in [5, 5.41) is 22.1. The van der Waals surface area contributed by atoms with E-state index in [1.807, 2.05) is 0 Å². The summed E-state index contributed by atoms with van der Waals surface area (Å²) in [7, 11) is 0. The Balaban J connectivity index is 2.51. The molecule has 0 heterocycles. The van der Waals surface area contributed by atoms with E-state index in [0.717, 1.165) is 12.8 Å². The zero-order valence-electron chi connectivity index (χ0n) is 8.41. The Hall–Kier alpha value is -0.570. The van der Waals surface area contributed by atoms with Crippen LogP contribution in [0.5, 0.6) is 0 Å². The molecule has 0 saturated heterocycles. The summed E-state index contributed by atoms with van der Waals surface area (Å²) in [5.74, 6) is 0.262. The van der Waals surface area contributed by atoms with Crippen LogP contribution in [-0.2, 0) is 0 Å². The molecule has 0 aromatic heterocycles. The van der Waals surface area contributed by atoms with E-state index in [9.17, 15) is 5.11 Å². The highest BCUT2D eigenvalue weighted by Crippen LogP contribution is 2.64. The minimum Gasteiger partial charge on any atom is -0.411 e. The van der Waals surface area contributed by atoms with Crippen LogP contribution in [0.1, 0.15) is 33.6 Å². The van der Waals surface area contributed by atoms with Gasteiger partial charge in [0.2, 0.25) is 0 Å². The van der Waals surface area contributed by atoms with Gasteiger partial charge < -0.3 is 10.3 Å². The molecule has 2 rings (SSSR count). The lowest BCUT2D eigenvalue weighted by Gasteiger charge is -2.35. The maximum atomic E-state index is 9.98. The molecule has 3 atom stereocenters. The molecule has 74 valence electrons. The molecule has 0 radical (unpaired) electrons. The van der Waals surface area contributed by atoms with Crippen LogP contribution < -0.4 is 0 Å². The maximum Gasteiger partial charge on any atom is 0.102 e. The van der Waals surface area contributed by atoms with Gasteiger partial charge in [-0.25, -0.2) is 0 Å². The van der Waals surface area contributed by atoms with Crippen LogP contribution in [0.4, 0.5) is 0 Å². The fourth-order valence-corrected chi connectivity index (χ4v) is 3.17. The van der Waals surface area contributed by atoms with E-state index in [0.29, 0.717) is 5.71 Å². The first-order valence-electron chi connectivity index (χ1n) is 4.85. The van der Waals surface area contributed by atoms with Gasteiger partial charge in [-0.05, 0) is 18.3 Å². The van der Waals surface area contributed by atoms with Crippen LogP contribution >= 0.6 is 0 Å². The molecule has 0 aromatic rings. The highest BCUT2D eigenvalue weighted by atomic mass is 16.4. The average molecular weight is 183 g/mol. The molecule has 0 amide bonds. The van der Waals surface area contributed by atoms with Gasteiger partial charge in [0.1, 0.15) is 6.10 Å². The van der Waals surface area contributed by atoms with Crippen LogP contribution in [0.3, 0.4) is 0 Å². The van der Waals surface area contributed by atoms with Crippen LogP contribution in [0.2, 0.25) is 0 Å². The van der Waals surface area contributed by atoms with E-state index < -0.39 is 6.10 Å². The molecule has 3 unspecified atom stereocenters. The number of rotatable bonds is 0. The minimum atomic E-state index is -0.550. The summed E-state index contributed by atoms with van der Waals surface area (Å²) in [6.07, 6.45) is 1.52. The Morgan fingerprint density at radius 3 is 2.31 bits per heavy atom. The van der Waals surface area contributed by atoms with Gasteiger partial charge in [0.15, 0.2) is 0 Å². The standard InChI is InChI=1S/C10H17NO2/c1-9(2)6-4-5-10(9,3)8(12)7(6)11-13/h6,8,12-13H,4-5H2,1-3H3. The third-order valence-corrected chi connectivity index (χ3v) is 4.65. The lowest BCUT2D eigenvalue weighted by molar-refractivity contribution is 0.0332. The largest absolute Gasteiger partial charge is 0.411 e. The van der Waals surface area contributed by atoms with E-state index in [2.05, 4.69) is 25.9 Å². The number of hydrogen-bond acceptors (Lipinski definition) is 3. The third-order valence-electron chi connectivity index (χ3n) is 4.65. The summed E-state index contributed by atoms with van der Waals surface area (Å²) in [4.78, 5) is 0. The van der Waals surface area contributed by atoms with Crippen molar-refractivity contribution in [3.05, 3.63) is 0 Å². The molecular weight excluding hydrogens is 166 g/mol. The van der Waals surface area contributed by atoms with Crippen LogP contribution in [0, 0.1) is 16.7 Å². The molecule has 2 aliphatic rings. The first-order chi connectivity index (χ1) is 5.95. The normalized spacial score (nSPS) is 50.3. The van der Waals surface area contributed by atoms with Gasteiger partial charge >= 0.3 is 0 Å². The summed E-state index contributed by atoms with van der Waals surface area (Å²) < 4.78 is 0. The Morgan fingerprint density at radius 2 is 2.00 bits per heavy atom. The quantitative estimate of drug-likeness (QED) is 0.443. The Kier molecular flexibility index (Phi) is 1.57. The maximum absolute atomic E-state index is 9.98. The molecule has 3 heteroatoms. The Labute approximate surface area is 78.4 Å². The van der Waals surface area contributed by atoms with Crippen molar-refractivity contribution in [1.29, 1.82) is 0 Å². The molecule has 13 heavy (non-hydrogen) atoms. The van der Waals surface area contributed by atoms with Crippen molar-refractivity contribution in [3.8, 4) is 0 Å². The van der Waals surface area contributed by atoms with E-state index in [1.54, 1.807) is 0 Å². The molecule has 0 aromatic carbocycles. The van der Waals surface area contributed by atoms with Crippen LogP contribution in [0.15, 0.2) is 5.16 Å². The van der Waals surface area contributed by atoms with Crippen molar-refractivity contribution in [2.24, 2.45) is 21.9 Å². The molecule has 3 nitrogen and oxygen atoms in total. The van der Waals surface area contributed by atoms with Crippen molar-refractivity contribution in [2.75, 3.05) is 0 Å². The second-order valence-electron chi connectivity index (χ2n) is 5.16. The van der Waals surface area contributed by atoms with Crippen molar-refractivity contribution >= 4 is 5.71 Å². The second-order valence-corrected chi connectivity index (χ2v) is 5.16. The monoisotopic (exact) mass is 183 g/mol. The average Bonchev–Trinajstić information content (AvgIpc) is 2.36. The fourth-order valence-electron chi connectivity index (χ4n) is 3.17. The number of hydrogen-bond donors (Lipinski definition) is 2. The SMILES string of the molecule is CC1(C)C2CCC1(C)C(O)C2=NO. The van der Waals surface area contributed by atoms with Crippen LogP contribution in [0.25, 0.3) is 0 Å². The Morgan fingerprint density at radius 1 is 1.38 bits per heavy atom. The predicted molar refractivity (Wildman–Crippen MR) is 49.8 cm³/mol. The van der Waals surface area contributed by atoms with Crippen molar-refractivity contribution in [1.82, 2.24) is 0 Å². The fraction of sp³-hybridized carbons (Fsp3) is 0.900. The summed E-state index contributed by atoms with van der Waals surface area (Å²) in [6, 6.07) is 0. The highest BCUT2D eigenvalue weighted by molar-refractivity contribution is 5.95. The number of oxime groups is 1. The zero-order chi connectivity index (χ0) is 9.85. The van der Waals surface area contributed by atoms with Gasteiger partial charge in [-0.1, -0.05) is 25.9 Å². The highest BCUT2D eigenvalue weighted by Gasteiger charge is 2.64. The van der Waals surface area contributed by atoms with Crippen molar-refractivity contribution in [3.63, 3.8) is 0 Å². The predicted octanol–water partition coefficient (Wildman–Crippen LogP) is 1.63. The topological polar surface area (TPSA) is 52.8 Å². The van der Waals surface area contributed by atoms with E-state index in [4.69, 9.17) is 5.21 Å². The van der Waals surface area contributed by atoms with E-state index in [-0.39, 0.29) is 16.7 Å². The summed E-state index contributed by atoms with van der Waals surface area (Å²) >= 11 is 0. The second kappa shape index (κ2) is 2.27. The molecule has 0 aliphatic heterocycles. The number of aliphatic hydroxyl groups excluding tert-OH is 1. The van der Waals surface area contributed by atoms with Gasteiger partial charge in [0.25, 0.3) is 0 Å². The smallest absolute Gasteiger partial charge is 0.102 e. The molecule has 2 fully saturated rings.